The number of quaternary nitrogens is 1. The molecule has 0 aromatic heterocycles. The molecule has 160 valence electrons. The van der Waals surface area contributed by atoms with Crippen LogP contribution in [0.1, 0.15) is 71.1 Å². The zero-order valence-corrected chi connectivity index (χ0v) is 18.0. The van der Waals surface area contributed by atoms with Gasteiger partial charge in [-0.1, -0.05) is 67.0 Å². The number of nitrogens with zero attached hydrogens (tertiary/aromatic N) is 1. The third-order valence-corrected chi connectivity index (χ3v) is 3.94. The Morgan fingerprint density at radius 2 is 1.15 bits per heavy atom. The third kappa shape index (κ3) is 31.5. The van der Waals surface area contributed by atoms with Crippen LogP contribution < -0.4 is 0 Å². The van der Waals surface area contributed by atoms with E-state index in [2.05, 4.69) is 36.7 Å². The maximum atomic E-state index is 9.48. The Bertz CT molecular complexity index is 494. The van der Waals surface area contributed by atoms with Crippen LogP contribution in [0, 0.1) is 0 Å². The molecule has 0 saturated heterocycles. The molecule has 0 unspecified atom stereocenters. The van der Waals surface area contributed by atoms with Crippen molar-refractivity contribution in [3.8, 4) is 0 Å². The average Bonchev–Trinajstić information content (AvgIpc) is 2.45. The lowest BCUT2D eigenvalue weighted by Gasteiger charge is -2.23. The third-order valence-electron chi connectivity index (χ3n) is 3.38. The molecule has 1 N–H and O–H groups in total. The maximum absolute atomic E-state index is 9.48. The van der Waals surface area contributed by atoms with Crippen molar-refractivity contribution in [2.24, 2.45) is 0 Å². The normalized spacial score (nSPS) is 12.5. The summed E-state index contributed by atoms with van der Waals surface area (Å²) in [4.78, 5) is 0. The summed E-state index contributed by atoms with van der Waals surface area (Å²) in [5.74, 6) is 0. The lowest BCUT2D eigenvalue weighted by atomic mass is 10.1. The van der Waals surface area contributed by atoms with Gasteiger partial charge in [0.25, 0.3) is 0 Å². The molecule has 0 atom stereocenters. The summed E-state index contributed by atoms with van der Waals surface area (Å²) in [6, 6.07) is 0. The monoisotopic (exact) mass is 421 g/mol. The molecule has 0 heterocycles. The Labute approximate surface area is 159 Å². The number of rotatable bonds is 14. The molecular weight excluding hydrogens is 386 g/mol. The van der Waals surface area contributed by atoms with Crippen LogP contribution in [0.5, 0.6) is 0 Å². The van der Waals surface area contributed by atoms with Crippen LogP contribution in [0.15, 0.2) is 0 Å². The van der Waals surface area contributed by atoms with Crippen LogP contribution in [0.4, 0.5) is 0 Å². The average molecular weight is 422 g/mol. The molecule has 0 fully saturated rings. The highest BCUT2D eigenvalue weighted by atomic mass is 32.3. The van der Waals surface area contributed by atoms with Gasteiger partial charge in [-0.15, -0.1) is 0 Å². The predicted molar refractivity (Wildman–Crippen MR) is 98.2 cm³/mol. The van der Waals surface area contributed by atoms with Crippen LogP contribution in [0.25, 0.3) is 0 Å². The van der Waals surface area contributed by atoms with Crippen LogP contribution in [0.3, 0.4) is 0 Å². The molecule has 0 aliphatic rings. The summed E-state index contributed by atoms with van der Waals surface area (Å²) < 4.78 is 61.3. The van der Waals surface area contributed by atoms with E-state index >= 15 is 0 Å². The van der Waals surface area contributed by atoms with Gasteiger partial charge in [0.05, 0.1) is 27.7 Å². The standard InChI is InChI=1S/C15H34N.H2O8S2/c1-5-6-7-8-9-10-11-12-13-14-15-16(2,3)4;1-9(2,3)7-8-10(4,5)6/h5-15H2,1-4H3;(H,1,2,3)(H,4,5,6)/q+1;/p-1. The van der Waals surface area contributed by atoms with E-state index in [-0.39, 0.29) is 0 Å². The minimum atomic E-state index is -5.27. The van der Waals surface area contributed by atoms with Crippen molar-refractivity contribution in [1.82, 2.24) is 0 Å². The van der Waals surface area contributed by atoms with Crippen LogP contribution in [-0.2, 0) is 29.5 Å². The fourth-order valence-electron chi connectivity index (χ4n) is 2.14. The molecular formula is C15H35NO8S2. The minimum absolute atomic E-state index is 1.12. The Balaban J connectivity index is 0. The molecule has 0 amide bonds. The summed E-state index contributed by atoms with van der Waals surface area (Å²) >= 11 is 0. The van der Waals surface area contributed by atoms with E-state index in [1.165, 1.54) is 70.8 Å². The molecule has 0 aromatic carbocycles. The highest BCUT2D eigenvalue weighted by molar-refractivity contribution is 7.83. The van der Waals surface area contributed by atoms with E-state index < -0.39 is 20.8 Å². The quantitative estimate of drug-likeness (QED) is 0.113. The van der Waals surface area contributed by atoms with Crippen LogP contribution >= 0.6 is 0 Å². The largest absolute Gasteiger partial charge is 0.724 e. The molecule has 0 aliphatic carbocycles. The summed E-state index contributed by atoms with van der Waals surface area (Å²) in [6.45, 7) is 3.62. The van der Waals surface area contributed by atoms with E-state index in [4.69, 9.17) is 4.55 Å². The first-order valence-electron chi connectivity index (χ1n) is 8.88. The van der Waals surface area contributed by atoms with E-state index in [0.29, 0.717) is 0 Å². The van der Waals surface area contributed by atoms with Crippen molar-refractivity contribution in [3.05, 3.63) is 0 Å². The summed E-state index contributed by atoms with van der Waals surface area (Å²) in [7, 11) is -3.47. The second-order valence-electron chi connectivity index (χ2n) is 7.17. The molecule has 0 spiro atoms. The second-order valence-corrected chi connectivity index (χ2v) is 9.11. The second kappa shape index (κ2) is 14.7. The number of hydrogen-bond acceptors (Lipinski definition) is 7. The van der Waals surface area contributed by atoms with Gasteiger partial charge in [0.15, 0.2) is 0 Å². The van der Waals surface area contributed by atoms with Gasteiger partial charge in [0.1, 0.15) is 0 Å². The first-order valence-corrected chi connectivity index (χ1v) is 11.6. The summed E-state index contributed by atoms with van der Waals surface area (Å²) in [6.07, 6.45) is 14.4. The highest BCUT2D eigenvalue weighted by Crippen LogP contribution is 2.11. The maximum Gasteiger partial charge on any atom is 0.425 e. The van der Waals surface area contributed by atoms with Gasteiger partial charge in [-0.25, -0.2) is 8.42 Å². The fraction of sp³-hybridized carbons (Fsp3) is 1.00. The molecule has 11 heteroatoms. The lowest BCUT2D eigenvalue weighted by molar-refractivity contribution is -0.870. The first-order chi connectivity index (χ1) is 11.8. The molecule has 9 nitrogen and oxygen atoms in total. The summed E-state index contributed by atoms with van der Waals surface area (Å²) in [5.41, 5.74) is 0. The van der Waals surface area contributed by atoms with Crippen molar-refractivity contribution in [3.63, 3.8) is 0 Å². The van der Waals surface area contributed by atoms with Crippen LogP contribution in [-0.4, -0.2) is 58.1 Å². The fourth-order valence-corrected chi connectivity index (χ4v) is 2.70. The molecule has 0 radical (unpaired) electrons. The number of unbranched alkanes of at least 4 members (excludes halogenated alkanes) is 9. The van der Waals surface area contributed by atoms with E-state index in [9.17, 15) is 21.4 Å². The van der Waals surface area contributed by atoms with Gasteiger partial charge >= 0.3 is 10.4 Å². The molecule has 0 bridgehead atoms. The van der Waals surface area contributed by atoms with Gasteiger partial charge in [-0.05, 0) is 12.8 Å². The van der Waals surface area contributed by atoms with Crippen molar-refractivity contribution in [2.75, 3.05) is 27.7 Å². The minimum Gasteiger partial charge on any atom is -0.724 e. The van der Waals surface area contributed by atoms with Crippen LogP contribution in [0.2, 0.25) is 0 Å². The topological polar surface area (TPSA) is 130 Å². The molecule has 0 saturated carbocycles. The Morgan fingerprint density at radius 3 is 1.42 bits per heavy atom. The Hall–Kier alpha value is -0.300. The number of hydrogen-bond donors (Lipinski definition) is 1. The van der Waals surface area contributed by atoms with Crippen molar-refractivity contribution < 1.29 is 39.1 Å². The Morgan fingerprint density at radius 1 is 0.769 bits per heavy atom. The zero-order valence-electron chi connectivity index (χ0n) is 16.3. The lowest BCUT2D eigenvalue weighted by Crippen LogP contribution is -2.35. The van der Waals surface area contributed by atoms with Crippen molar-refractivity contribution >= 4 is 20.8 Å². The zero-order chi connectivity index (χ0) is 20.7. The van der Waals surface area contributed by atoms with Gasteiger partial charge in [-0.2, -0.15) is 8.42 Å². The SMILES string of the molecule is CCCCCCCCCCCC[N+](C)(C)C.O=S(=O)([O-])OOS(=O)(=O)O. The summed E-state index contributed by atoms with van der Waals surface area (Å²) in [5, 5.41) is 0. The predicted octanol–water partition coefficient (Wildman–Crippen LogP) is 2.81. The van der Waals surface area contributed by atoms with E-state index in [0.717, 1.165) is 4.48 Å². The van der Waals surface area contributed by atoms with E-state index in [1.54, 1.807) is 0 Å². The van der Waals surface area contributed by atoms with Gasteiger partial charge in [-0.3, -0.25) is 4.55 Å². The smallest absolute Gasteiger partial charge is 0.425 e. The molecule has 0 aromatic rings. The van der Waals surface area contributed by atoms with Crippen molar-refractivity contribution in [2.45, 2.75) is 71.1 Å². The first kappa shape index (κ1) is 27.9. The molecule has 26 heavy (non-hydrogen) atoms. The molecule has 0 rings (SSSR count). The van der Waals surface area contributed by atoms with Gasteiger partial charge < -0.3 is 9.04 Å². The van der Waals surface area contributed by atoms with Gasteiger partial charge in [0, 0.05) is 0 Å². The van der Waals surface area contributed by atoms with Crippen molar-refractivity contribution in [1.29, 1.82) is 0 Å². The Kier molecular flexibility index (Phi) is 15.8. The van der Waals surface area contributed by atoms with E-state index in [1.807, 2.05) is 0 Å². The highest BCUT2D eigenvalue weighted by Gasteiger charge is 2.08. The van der Waals surface area contributed by atoms with Gasteiger partial charge in [0.2, 0.25) is 10.4 Å². The molecule has 0 aliphatic heterocycles.